The number of rotatable bonds is 6. The van der Waals surface area contributed by atoms with E-state index >= 15 is 0 Å². The van der Waals surface area contributed by atoms with Gasteiger partial charge in [-0.25, -0.2) is 0 Å². The first-order valence-electron chi connectivity index (χ1n) is 6.23. The quantitative estimate of drug-likeness (QED) is 0.730. The molecule has 0 amide bonds. The molecule has 0 spiro atoms. The Labute approximate surface area is 98.9 Å². The number of allylic oxidation sites excluding steroid dienone is 1. The maximum atomic E-state index is 10.1. The largest absolute Gasteiger partial charge is 0.497 e. The van der Waals surface area contributed by atoms with Gasteiger partial charge in [-0.15, -0.1) is 0 Å². The first kappa shape index (κ1) is 13.5. The van der Waals surface area contributed by atoms with Crippen molar-refractivity contribution in [3.63, 3.8) is 0 Å². The predicted octanol–water partition coefficient (Wildman–Crippen LogP) is 2.07. The van der Waals surface area contributed by atoms with Crippen LogP contribution in [-0.2, 0) is 4.74 Å². The molecule has 1 heterocycles. The van der Waals surface area contributed by atoms with Gasteiger partial charge >= 0.3 is 0 Å². The fraction of sp³-hybridized carbons (Fsp3) is 0.846. The number of ether oxygens (including phenoxy) is 1. The summed E-state index contributed by atoms with van der Waals surface area (Å²) in [5, 5.41) is 13.4. The molecule has 94 valence electrons. The number of aliphatic hydroxyl groups is 1. The molecule has 2 N–H and O–H groups in total. The zero-order chi connectivity index (χ0) is 12.0. The van der Waals surface area contributed by atoms with Crippen molar-refractivity contribution in [2.45, 2.75) is 51.7 Å². The van der Waals surface area contributed by atoms with Crippen LogP contribution in [0.25, 0.3) is 0 Å². The molecule has 0 aromatic rings. The monoisotopic (exact) mass is 227 g/mol. The zero-order valence-electron chi connectivity index (χ0n) is 10.7. The van der Waals surface area contributed by atoms with Crippen LogP contribution in [0.2, 0.25) is 0 Å². The zero-order valence-corrected chi connectivity index (χ0v) is 10.7. The summed E-state index contributed by atoms with van der Waals surface area (Å²) in [4.78, 5) is 0. The summed E-state index contributed by atoms with van der Waals surface area (Å²) < 4.78 is 5.45. The Balaban J connectivity index is 2.16. The molecule has 0 aromatic heterocycles. The number of hydrogen-bond acceptors (Lipinski definition) is 3. The van der Waals surface area contributed by atoms with Gasteiger partial charge in [-0.05, 0) is 38.2 Å². The molecule has 3 heteroatoms. The molecule has 0 saturated heterocycles. The van der Waals surface area contributed by atoms with Crippen LogP contribution < -0.4 is 5.32 Å². The fourth-order valence-corrected chi connectivity index (χ4v) is 2.19. The van der Waals surface area contributed by atoms with Gasteiger partial charge in [-0.3, -0.25) is 0 Å². The number of hydrogen-bond donors (Lipinski definition) is 2. The van der Waals surface area contributed by atoms with Crippen molar-refractivity contribution in [3.05, 3.63) is 12.3 Å². The first-order valence-corrected chi connectivity index (χ1v) is 6.23. The SMILES string of the molecule is CC(C)CC(C)(O)CNCC1CCC=CO1. The highest BCUT2D eigenvalue weighted by Gasteiger charge is 2.22. The maximum Gasteiger partial charge on any atom is 0.110 e. The van der Waals surface area contributed by atoms with E-state index in [-0.39, 0.29) is 6.10 Å². The van der Waals surface area contributed by atoms with E-state index in [2.05, 4.69) is 19.2 Å². The van der Waals surface area contributed by atoms with Gasteiger partial charge in [0.1, 0.15) is 6.10 Å². The second-order valence-corrected chi connectivity index (χ2v) is 5.43. The molecular formula is C13H25NO2. The van der Waals surface area contributed by atoms with Gasteiger partial charge in [-0.2, -0.15) is 0 Å². The first-order chi connectivity index (χ1) is 7.49. The lowest BCUT2D eigenvalue weighted by molar-refractivity contribution is 0.0335. The Hall–Kier alpha value is -0.540. The Morgan fingerprint density at radius 1 is 1.56 bits per heavy atom. The highest BCUT2D eigenvalue weighted by atomic mass is 16.5. The lowest BCUT2D eigenvalue weighted by Crippen LogP contribution is -2.42. The average molecular weight is 227 g/mol. The van der Waals surface area contributed by atoms with Crippen LogP contribution in [0.1, 0.15) is 40.0 Å². The second kappa shape index (κ2) is 6.26. The molecular weight excluding hydrogens is 202 g/mol. The highest BCUT2D eigenvalue weighted by Crippen LogP contribution is 2.15. The molecule has 16 heavy (non-hydrogen) atoms. The van der Waals surface area contributed by atoms with Crippen LogP contribution in [0, 0.1) is 5.92 Å². The van der Waals surface area contributed by atoms with Gasteiger partial charge < -0.3 is 15.2 Å². The third-order valence-corrected chi connectivity index (χ3v) is 2.75. The molecule has 0 aliphatic carbocycles. The molecule has 0 radical (unpaired) electrons. The van der Waals surface area contributed by atoms with Crippen LogP contribution >= 0.6 is 0 Å². The standard InChI is InChI=1S/C13H25NO2/c1-11(2)8-13(3,15)10-14-9-12-6-4-5-7-16-12/h5,7,11-12,14-15H,4,6,8-10H2,1-3H3. The van der Waals surface area contributed by atoms with E-state index in [4.69, 9.17) is 4.74 Å². The van der Waals surface area contributed by atoms with E-state index in [1.807, 2.05) is 13.0 Å². The number of nitrogens with one attached hydrogen (secondary N) is 1. The van der Waals surface area contributed by atoms with Crippen LogP contribution in [0.5, 0.6) is 0 Å². The van der Waals surface area contributed by atoms with Crippen molar-refractivity contribution in [2.24, 2.45) is 5.92 Å². The lowest BCUT2D eigenvalue weighted by Gasteiger charge is -2.27. The summed E-state index contributed by atoms with van der Waals surface area (Å²) in [5.41, 5.74) is -0.612. The maximum absolute atomic E-state index is 10.1. The average Bonchev–Trinajstić information content (AvgIpc) is 2.16. The highest BCUT2D eigenvalue weighted by molar-refractivity contribution is 4.84. The summed E-state index contributed by atoms with van der Waals surface area (Å²) >= 11 is 0. The van der Waals surface area contributed by atoms with Gasteiger partial charge in [0.25, 0.3) is 0 Å². The third-order valence-electron chi connectivity index (χ3n) is 2.75. The topological polar surface area (TPSA) is 41.5 Å². The normalized spacial score (nSPS) is 24.2. The lowest BCUT2D eigenvalue weighted by atomic mass is 9.94. The van der Waals surface area contributed by atoms with Gasteiger partial charge in [0.15, 0.2) is 0 Å². The Morgan fingerprint density at radius 3 is 2.88 bits per heavy atom. The van der Waals surface area contributed by atoms with E-state index in [1.54, 1.807) is 6.26 Å². The van der Waals surface area contributed by atoms with Gasteiger partial charge in [-0.1, -0.05) is 13.8 Å². The molecule has 0 saturated carbocycles. The Morgan fingerprint density at radius 2 is 2.31 bits per heavy atom. The predicted molar refractivity (Wildman–Crippen MR) is 66.2 cm³/mol. The molecule has 3 nitrogen and oxygen atoms in total. The summed E-state index contributed by atoms with van der Waals surface area (Å²) in [6.07, 6.45) is 7.07. The van der Waals surface area contributed by atoms with E-state index in [0.717, 1.165) is 25.8 Å². The van der Waals surface area contributed by atoms with Crippen LogP contribution in [0.15, 0.2) is 12.3 Å². The molecule has 2 unspecified atom stereocenters. The summed E-state index contributed by atoms with van der Waals surface area (Å²) in [5.74, 6) is 0.519. The molecule has 1 aliphatic heterocycles. The summed E-state index contributed by atoms with van der Waals surface area (Å²) in [6.45, 7) is 7.60. The summed E-state index contributed by atoms with van der Waals surface area (Å²) in [7, 11) is 0. The minimum Gasteiger partial charge on any atom is -0.497 e. The minimum atomic E-state index is -0.612. The van der Waals surface area contributed by atoms with Gasteiger partial charge in [0.2, 0.25) is 0 Å². The summed E-state index contributed by atoms with van der Waals surface area (Å²) in [6, 6.07) is 0. The van der Waals surface area contributed by atoms with Crippen molar-refractivity contribution in [2.75, 3.05) is 13.1 Å². The van der Waals surface area contributed by atoms with E-state index < -0.39 is 5.60 Å². The van der Waals surface area contributed by atoms with E-state index in [9.17, 15) is 5.11 Å². The van der Waals surface area contributed by atoms with Crippen LogP contribution in [0.4, 0.5) is 0 Å². The van der Waals surface area contributed by atoms with E-state index in [1.165, 1.54) is 0 Å². The fourth-order valence-electron chi connectivity index (χ4n) is 2.19. The minimum absolute atomic E-state index is 0.264. The molecule has 0 aromatic carbocycles. The van der Waals surface area contributed by atoms with Crippen molar-refractivity contribution in [3.8, 4) is 0 Å². The van der Waals surface area contributed by atoms with Crippen LogP contribution in [-0.4, -0.2) is 29.9 Å². The molecule has 1 rings (SSSR count). The molecule has 0 bridgehead atoms. The van der Waals surface area contributed by atoms with Crippen molar-refractivity contribution in [1.82, 2.24) is 5.32 Å². The van der Waals surface area contributed by atoms with Crippen molar-refractivity contribution >= 4 is 0 Å². The third kappa shape index (κ3) is 5.52. The van der Waals surface area contributed by atoms with E-state index in [0.29, 0.717) is 12.5 Å². The molecule has 0 fully saturated rings. The molecule has 1 aliphatic rings. The Bertz CT molecular complexity index is 224. The molecule has 2 atom stereocenters. The van der Waals surface area contributed by atoms with Crippen LogP contribution in [0.3, 0.4) is 0 Å². The second-order valence-electron chi connectivity index (χ2n) is 5.43. The van der Waals surface area contributed by atoms with Crippen molar-refractivity contribution < 1.29 is 9.84 Å². The smallest absolute Gasteiger partial charge is 0.110 e. The Kier molecular flexibility index (Phi) is 5.29. The van der Waals surface area contributed by atoms with Crippen molar-refractivity contribution in [1.29, 1.82) is 0 Å². The van der Waals surface area contributed by atoms with Gasteiger partial charge in [0, 0.05) is 13.1 Å². The van der Waals surface area contributed by atoms with Gasteiger partial charge in [0.05, 0.1) is 11.9 Å².